The van der Waals surface area contributed by atoms with Crippen LogP contribution in [0.4, 0.5) is 19.3 Å². The highest BCUT2D eigenvalue weighted by Gasteiger charge is 2.28. The Balaban J connectivity index is 1.49. The van der Waals surface area contributed by atoms with Gasteiger partial charge < -0.3 is 24.4 Å². The van der Waals surface area contributed by atoms with Crippen molar-refractivity contribution in [2.45, 2.75) is 45.5 Å². The normalized spacial score (nSPS) is 23.5. The van der Waals surface area contributed by atoms with Crippen LogP contribution in [0.25, 0.3) is 0 Å². The van der Waals surface area contributed by atoms with Crippen LogP contribution >= 0.6 is 0 Å². The van der Waals surface area contributed by atoms with E-state index in [2.05, 4.69) is 28.8 Å². The number of alkyl halides is 2. The zero-order valence-electron chi connectivity index (χ0n) is 17.8. The van der Waals surface area contributed by atoms with E-state index < -0.39 is 6.61 Å². The summed E-state index contributed by atoms with van der Waals surface area (Å²) in [5.41, 5.74) is 0.384. The van der Waals surface area contributed by atoms with Gasteiger partial charge in [-0.2, -0.15) is 8.78 Å². The number of ether oxygens (including phenoxy) is 3. The fourth-order valence-electron chi connectivity index (χ4n) is 4.26. The molecule has 2 atom stereocenters. The van der Waals surface area contributed by atoms with Crippen LogP contribution in [-0.4, -0.2) is 74.5 Å². The van der Waals surface area contributed by atoms with Crippen molar-refractivity contribution in [2.75, 3.05) is 45.2 Å². The van der Waals surface area contributed by atoms with Crippen LogP contribution < -0.4 is 14.8 Å². The van der Waals surface area contributed by atoms with E-state index in [1.54, 1.807) is 11.0 Å². The molecule has 0 spiro atoms. The van der Waals surface area contributed by atoms with Gasteiger partial charge in [-0.05, 0) is 44.7 Å². The Bertz CT molecular complexity index is 703. The van der Waals surface area contributed by atoms with Gasteiger partial charge in [-0.15, -0.1) is 0 Å². The van der Waals surface area contributed by atoms with Gasteiger partial charge in [0.2, 0.25) is 0 Å². The summed E-state index contributed by atoms with van der Waals surface area (Å²) in [6.45, 7) is 5.50. The van der Waals surface area contributed by atoms with Crippen LogP contribution in [0, 0.1) is 5.92 Å². The van der Waals surface area contributed by atoms with Crippen LogP contribution in [0.2, 0.25) is 0 Å². The molecule has 7 nitrogen and oxygen atoms in total. The quantitative estimate of drug-likeness (QED) is 0.751. The lowest BCUT2D eigenvalue weighted by atomic mass is 9.96. The molecule has 9 heteroatoms. The number of anilines is 1. The van der Waals surface area contributed by atoms with Crippen molar-refractivity contribution >= 4 is 11.7 Å². The Kier molecular flexibility index (Phi) is 7.71. The number of likely N-dealkylation sites (tertiary alicyclic amines) is 1. The molecule has 2 saturated heterocycles. The first kappa shape index (κ1) is 22.6. The first-order valence-corrected chi connectivity index (χ1v) is 10.4. The molecule has 168 valence electrons. The third-order valence-corrected chi connectivity index (χ3v) is 5.54. The van der Waals surface area contributed by atoms with Crippen molar-refractivity contribution in [3.8, 4) is 11.5 Å². The Labute approximate surface area is 176 Å². The molecule has 2 heterocycles. The molecule has 0 aromatic heterocycles. The molecule has 0 radical (unpaired) electrons. The molecule has 1 aromatic rings. The van der Waals surface area contributed by atoms with Crippen molar-refractivity contribution in [1.82, 2.24) is 9.80 Å². The van der Waals surface area contributed by atoms with E-state index in [1.165, 1.54) is 19.2 Å². The average Bonchev–Trinajstić information content (AvgIpc) is 2.67. The zero-order valence-corrected chi connectivity index (χ0v) is 17.8. The van der Waals surface area contributed by atoms with Gasteiger partial charge in [-0.3, -0.25) is 4.90 Å². The summed E-state index contributed by atoms with van der Waals surface area (Å²) in [5, 5.41) is 2.76. The SMILES string of the molecule is COc1ccc(NC(=O)N2CCC(CN3CC(C)OC(C)C3)CC2)cc1OC(F)F. The first-order valence-electron chi connectivity index (χ1n) is 10.4. The summed E-state index contributed by atoms with van der Waals surface area (Å²) in [6.07, 6.45) is 2.39. The molecule has 2 unspecified atom stereocenters. The van der Waals surface area contributed by atoms with Gasteiger partial charge in [-0.1, -0.05) is 0 Å². The highest BCUT2D eigenvalue weighted by atomic mass is 19.3. The maximum atomic E-state index is 12.6. The lowest BCUT2D eigenvalue weighted by Gasteiger charge is -2.39. The van der Waals surface area contributed by atoms with Crippen LogP contribution in [-0.2, 0) is 4.74 Å². The Hall–Kier alpha value is -2.13. The minimum Gasteiger partial charge on any atom is -0.493 e. The standard InChI is InChI=1S/C21H31F2N3O4/c1-14-11-25(12-15(2)29-14)13-16-6-8-26(9-7-16)21(27)24-17-4-5-18(28-3)19(10-17)30-20(22)23/h4-5,10,14-16,20H,6-9,11-13H2,1-3H3,(H,24,27). The van der Waals surface area contributed by atoms with Gasteiger partial charge in [0.25, 0.3) is 0 Å². The highest BCUT2D eigenvalue weighted by molar-refractivity contribution is 5.89. The van der Waals surface area contributed by atoms with E-state index in [1.807, 2.05) is 0 Å². The van der Waals surface area contributed by atoms with Crippen molar-refractivity contribution in [3.63, 3.8) is 0 Å². The number of amides is 2. The number of morpholine rings is 1. The lowest BCUT2D eigenvalue weighted by molar-refractivity contribution is -0.0728. The molecule has 2 aliphatic rings. The number of nitrogens with zero attached hydrogens (tertiary/aromatic N) is 2. The third kappa shape index (κ3) is 6.18. The summed E-state index contributed by atoms with van der Waals surface area (Å²) < 4.78 is 40.4. The monoisotopic (exact) mass is 427 g/mol. The van der Waals surface area contributed by atoms with E-state index in [0.717, 1.165) is 32.5 Å². The smallest absolute Gasteiger partial charge is 0.387 e. The number of piperidine rings is 1. The maximum absolute atomic E-state index is 12.6. The summed E-state index contributed by atoms with van der Waals surface area (Å²) in [6, 6.07) is 4.19. The van der Waals surface area contributed by atoms with Gasteiger partial charge in [0, 0.05) is 44.5 Å². The number of carbonyl (C=O) groups is 1. The van der Waals surface area contributed by atoms with Crippen LogP contribution in [0.5, 0.6) is 11.5 Å². The topological polar surface area (TPSA) is 63.3 Å². The maximum Gasteiger partial charge on any atom is 0.387 e. The number of urea groups is 1. The number of carbonyl (C=O) groups excluding carboxylic acids is 1. The molecule has 1 N–H and O–H groups in total. The van der Waals surface area contributed by atoms with Gasteiger partial charge in [0.15, 0.2) is 11.5 Å². The van der Waals surface area contributed by atoms with Crippen molar-refractivity contribution in [3.05, 3.63) is 18.2 Å². The largest absolute Gasteiger partial charge is 0.493 e. The summed E-state index contributed by atoms with van der Waals surface area (Å²) >= 11 is 0. The molecule has 0 aliphatic carbocycles. The zero-order chi connectivity index (χ0) is 21.7. The van der Waals surface area contributed by atoms with Gasteiger partial charge in [-0.25, -0.2) is 4.79 Å². The predicted octanol–water partition coefficient (Wildman–Crippen LogP) is 3.65. The summed E-state index contributed by atoms with van der Waals surface area (Å²) in [7, 11) is 1.37. The molecule has 2 fully saturated rings. The second-order valence-electron chi connectivity index (χ2n) is 8.08. The van der Waals surface area contributed by atoms with Gasteiger partial charge >= 0.3 is 12.6 Å². The van der Waals surface area contributed by atoms with Crippen molar-refractivity contribution in [2.24, 2.45) is 5.92 Å². The van der Waals surface area contributed by atoms with Crippen molar-refractivity contribution in [1.29, 1.82) is 0 Å². The van der Waals surface area contributed by atoms with Crippen molar-refractivity contribution < 1.29 is 27.8 Å². The minimum atomic E-state index is -2.97. The fraction of sp³-hybridized carbons (Fsp3) is 0.667. The van der Waals surface area contributed by atoms with Crippen LogP contribution in [0.1, 0.15) is 26.7 Å². The van der Waals surface area contributed by atoms with Crippen LogP contribution in [0.15, 0.2) is 18.2 Å². The molecule has 2 amide bonds. The number of hydrogen-bond acceptors (Lipinski definition) is 5. The molecule has 2 aliphatic heterocycles. The molecular weight excluding hydrogens is 396 g/mol. The molecule has 0 saturated carbocycles. The molecular formula is C21H31F2N3O4. The molecule has 0 bridgehead atoms. The second kappa shape index (κ2) is 10.3. The van der Waals surface area contributed by atoms with E-state index in [0.29, 0.717) is 24.7 Å². The number of rotatable bonds is 6. The Morgan fingerprint density at radius 1 is 1.20 bits per heavy atom. The molecule has 30 heavy (non-hydrogen) atoms. The second-order valence-corrected chi connectivity index (χ2v) is 8.08. The number of benzene rings is 1. The van der Waals surface area contributed by atoms with E-state index >= 15 is 0 Å². The number of nitrogens with one attached hydrogen (secondary N) is 1. The summed E-state index contributed by atoms with van der Waals surface area (Å²) in [5.74, 6) is 0.623. The minimum absolute atomic E-state index is 0.113. The van der Waals surface area contributed by atoms with E-state index in [9.17, 15) is 13.6 Å². The summed E-state index contributed by atoms with van der Waals surface area (Å²) in [4.78, 5) is 16.8. The predicted molar refractivity (Wildman–Crippen MR) is 109 cm³/mol. The molecule has 3 rings (SSSR count). The number of halogens is 2. The van der Waals surface area contributed by atoms with Crippen LogP contribution in [0.3, 0.4) is 0 Å². The van der Waals surface area contributed by atoms with Gasteiger partial charge in [0.05, 0.1) is 19.3 Å². The highest BCUT2D eigenvalue weighted by Crippen LogP contribution is 2.31. The third-order valence-electron chi connectivity index (χ3n) is 5.54. The van der Waals surface area contributed by atoms with E-state index in [4.69, 9.17) is 9.47 Å². The fourth-order valence-corrected chi connectivity index (χ4v) is 4.26. The van der Waals surface area contributed by atoms with E-state index in [-0.39, 0.29) is 29.7 Å². The number of methoxy groups -OCH3 is 1. The average molecular weight is 427 g/mol. The Morgan fingerprint density at radius 3 is 2.47 bits per heavy atom. The first-order chi connectivity index (χ1) is 14.3. The molecule has 1 aromatic carbocycles. The number of hydrogen-bond donors (Lipinski definition) is 1. The lowest BCUT2D eigenvalue weighted by Crippen LogP contribution is -2.49. The Morgan fingerprint density at radius 2 is 1.87 bits per heavy atom. The van der Waals surface area contributed by atoms with Gasteiger partial charge in [0.1, 0.15) is 0 Å².